The van der Waals surface area contributed by atoms with Crippen molar-refractivity contribution in [2.45, 2.75) is 4.90 Å². The Kier molecular flexibility index (Phi) is 3.68. The van der Waals surface area contributed by atoms with E-state index in [1.54, 1.807) is 24.3 Å². The van der Waals surface area contributed by atoms with E-state index >= 15 is 0 Å². The summed E-state index contributed by atoms with van der Waals surface area (Å²) in [5.41, 5.74) is 3.47. The molecule has 106 valence electrons. The van der Waals surface area contributed by atoms with Crippen LogP contribution in [0.1, 0.15) is 0 Å². The summed E-state index contributed by atoms with van der Waals surface area (Å²) in [6.45, 7) is 0. The molecule has 1 N–H and O–H groups in total. The SMILES string of the molecule is O=S(=O)(Nc1nncs1)c1ccc(-c2ccccc2)cc1. The molecule has 7 heteroatoms. The van der Waals surface area contributed by atoms with Gasteiger partial charge in [-0.1, -0.05) is 53.8 Å². The molecule has 0 saturated heterocycles. The molecule has 0 aliphatic heterocycles. The van der Waals surface area contributed by atoms with Crippen LogP contribution in [0.3, 0.4) is 0 Å². The number of hydrogen-bond acceptors (Lipinski definition) is 5. The standard InChI is InChI=1S/C14H11N3O2S2/c18-21(19,17-14-16-15-10-20-14)13-8-6-12(7-9-13)11-4-2-1-3-5-11/h1-10H,(H,16,17). The van der Waals surface area contributed by atoms with Crippen molar-refractivity contribution in [3.8, 4) is 11.1 Å². The van der Waals surface area contributed by atoms with Gasteiger partial charge in [0.1, 0.15) is 5.51 Å². The van der Waals surface area contributed by atoms with Crippen LogP contribution in [0.5, 0.6) is 0 Å². The lowest BCUT2D eigenvalue weighted by Gasteiger charge is -2.06. The van der Waals surface area contributed by atoms with E-state index in [0.29, 0.717) is 0 Å². The summed E-state index contributed by atoms with van der Waals surface area (Å²) in [7, 11) is -3.62. The number of benzene rings is 2. The number of nitrogens with zero attached hydrogens (tertiary/aromatic N) is 2. The largest absolute Gasteiger partial charge is 0.263 e. The van der Waals surface area contributed by atoms with Gasteiger partial charge in [0.25, 0.3) is 10.0 Å². The molecule has 0 atom stereocenters. The second-order valence-corrected chi connectivity index (χ2v) is 6.76. The number of nitrogens with one attached hydrogen (secondary N) is 1. The molecule has 0 aliphatic carbocycles. The molecule has 21 heavy (non-hydrogen) atoms. The normalized spacial score (nSPS) is 11.2. The average molecular weight is 317 g/mol. The van der Waals surface area contributed by atoms with Gasteiger partial charge in [-0.15, -0.1) is 10.2 Å². The summed E-state index contributed by atoms with van der Waals surface area (Å²) >= 11 is 1.13. The molecule has 0 bridgehead atoms. The van der Waals surface area contributed by atoms with Crippen LogP contribution in [0.2, 0.25) is 0 Å². The zero-order chi connectivity index (χ0) is 14.7. The van der Waals surface area contributed by atoms with Crippen LogP contribution in [-0.2, 0) is 10.0 Å². The van der Waals surface area contributed by atoms with Crippen LogP contribution in [0.4, 0.5) is 5.13 Å². The van der Waals surface area contributed by atoms with Gasteiger partial charge in [-0.3, -0.25) is 4.72 Å². The Hall–Kier alpha value is -2.25. The van der Waals surface area contributed by atoms with Crippen LogP contribution in [-0.4, -0.2) is 18.6 Å². The summed E-state index contributed by atoms with van der Waals surface area (Å²) in [5.74, 6) is 0. The second-order valence-electron chi connectivity index (χ2n) is 4.24. The van der Waals surface area contributed by atoms with Crippen molar-refractivity contribution >= 4 is 26.5 Å². The fourth-order valence-electron chi connectivity index (χ4n) is 1.85. The van der Waals surface area contributed by atoms with Crippen LogP contribution in [0, 0.1) is 0 Å². The van der Waals surface area contributed by atoms with Gasteiger partial charge >= 0.3 is 0 Å². The minimum Gasteiger partial charge on any atom is -0.253 e. The van der Waals surface area contributed by atoms with E-state index in [2.05, 4.69) is 14.9 Å². The number of aromatic nitrogens is 2. The molecule has 0 aliphatic rings. The first kappa shape index (κ1) is 13.7. The van der Waals surface area contributed by atoms with Gasteiger partial charge in [-0.25, -0.2) is 8.42 Å². The van der Waals surface area contributed by atoms with E-state index in [-0.39, 0.29) is 10.0 Å². The molecule has 0 spiro atoms. The number of rotatable bonds is 4. The molecular weight excluding hydrogens is 306 g/mol. The minimum absolute atomic E-state index is 0.192. The fraction of sp³-hybridized carbons (Fsp3) is 0. The highest BCUT2D eigenvalue weighted by molar-refractivity contribution is 7.93. The van der Waals surface area contributed by atoms with Gasteiger partial charge in [0.2, 0.25) is 5.13 Å². The first-order chi connectivity index (χ1) is 10.1. The maximum Gasteiger partial charge on any atom is 0.263 e. The van der Waals surface area contributed by atoms with Gasteiger partial charge in [0.15, 0.2) is 0 Å². The molecular formula is C14H11N3O2S2. The summed E-state index contributed by atoms with van der Waals surface area (Å²) in [6.07, 6.45) is 0. The first-order valence-corrected chi connectivity index (χ1v) is 8.46. The maximum atomic E-state index is 12.2. The predicted molar refractivity (Wildman–Crippen MR) is 82.6 cm³/mol. The van der Waals surface area contributed by atoms with Crippen LogP contribution >= 0.6 is 11.3 Å². The van der Waals surface area contributed by atoms with Crippen molar-refractivity contribution in [2.24, 2.45) is 0 Å². The van der Waals surface area contributed by atoms with E-state index < -0.39 is 10.0 Å². The molecule has 0 radical (unpaired) electrons. The summed E-state index contributed by atoms with van der Waals surface area (Å²) < 4.78 is 26.7. The number of sulfonamides is 1. The van der Waals surface area contributed by atoms with Crippen LogP contribution < -0.4 is 4.72 Å². The molecule has 1 heterocycles. The smallest absolute Gasteiger partial charge is 0.253 e. The summed E-state index contributed by atoms with van der Waals surface area (Å²) in [4.78, 5) is 0.192. The monoisotopic (exact) mass is 317 g/mol. The Balaban J connectivity index is 1.87. The quantitative estimate of drug-likeness (QED) is 0.803. The van der Waals surface area contributed by atoms with Gasteiger partial charge in [-0.2, -0.15) is 0 Å². The zero-order valence-corrected chi connectivity index (χ0v) is 12.4. The second kappa shape index (κ2) is 5.63. The molecule has 0 amide bonds. The molecule has 1 aromatic heterocycles. The van der Waals surface area contributed by atoms with Gasteiger partial charge in [-0.05, 0) is 23.3 Å². The lowest BCUT2D eigenvalue weighted by Crippen LogP contribution is -2.12. The van der Waals surface area contributed by atoms with E-state index in [1.807, 2.05) is 30.3 Å². The Labute approximate surface area is 126 Å². The lowest BCUT2D eigenvalue weighted by atomic mass is 10.1. The third kappa shape index (κ3) is 3.09. The maximum absolute atomic E-state index is 12.2. The number of anilines is 1. The fourth-order valence-corrected chi connectivity index (χ4v) is 3.54. The van der Waals surface area contributed by atoms with Gasteiger partial charge < -0.3 is 0 Å². The van der Waals surface area contributed by atoms with E-state index in [0.717, 1.165) is 22.5 Å². The van der Waals surface area contributed by atoms with Crippen molar-refractivity contribution in [3.05, 3.63) is 60.1 Å². The zero-order valence-electron chi connectivity index (χ0n) is 10.8. The predicted octanol–water partition coefficient (Wildman–Crippen LogP) is 3.01. The van der Waals surface area contributed by atoms with Crippen LogP contribution in [0.25, 0.3) is 11.1 Å². The summed E-state index contributed by atoms with van der Waals surface area (Å²) in [5, 5.41) is 7.52. The van der Waals surface area contributed by atoms with Crippen LogP contribution in [0.15, 0.2) is 65.0 Å². The van der Waals surface area contributed by atoms with Crippen molar-refractivity contribution in [1.82, 2.24) is 10.2 Å². The Morgan fingerprint density at radius 1 is 0.905 bits per heavy atom. The van der Waals surface area contributed by atoms with Crippen molar-refractivity contribution in [1.29, 1.82) is 0 Å². The van der Waals surface area contributed by atoms with E-state index in [9.17, 15) is 8.42 Å². The molecule has 0 saturated carbocycles. The third-order valence-corrected chi connectivity index (χ3v) is 4.94. The third-order valence-electron chi connectivity index (χ3n) is 2.85. The summed E-state index contributed by atoms with van der Waals surface area (Å²) in [6, 6.07) is 16.5. The molecule has 3 aromatic rings. The Bertz CT molecular complexity index is 814. The molecule has 3 rings (SSSR count). The van der Waals surface area contributed by atoms with Crippen molar-refractivity contribution < 1.29 is 8.42 Å². The average Bonchev–Trinajstić information content (AvgIpc) is 3.00. The lowest BCUT2D eigenvalue weighted by molar-refractivity contribution is 0.601. The highest BCUT2D eigenvalue weighted by atomic mass is 32.2. The number of hydrogen-bond donors (Lipinski definition) is 1. The van der Waals surface area contributed by atoms with Crippen molar-refractivity contribution in [3.63, 3.8) is 0 Å². The Morgan fingerprint density at radius 2 is 1.57 bits per heavy atom. The molecule has 0 fully saturated rings. The van der Waals surface area contributed by atoms with E-state index in [4.69, 9.17) is 0 Å². The highest BCUT2D eigenvalue weighted by Gasteiger charge is 2.15. The van der Waals surface area contributed by atoms with Gasteiger partial charge in [0.05, 0.1) is 4.90 Å². The minimum atomic E-state index is -3.62. The van der Waals surface area contributed by atoms with Gasteiger partial charge in [0, 0.05) is 0 Å². The molecule has 5 nitrogen and oxygen atoms in total. The topological polar surface area (TPSA) is 72.0 Å². The van der Waals surface area contributed by atoms with Crippen molar-refractivity contribution in [2.75, 3.05) is 4.72 Å². The molecule has 0 unspecified atom stereocenters. The highest BCUT2D eigenvalue weighted by Crippen LogP contribution is 2.22. The molecule has 2 aromatic carbocycles. The first-order valence-electron chi connectivity index (χ1n) is 6.10. The Morgan fingerprint density at radius 3 is 2.19 bits per heavy atom. The van der Waals surface area contributed by atoms with E-state index in [1.165, 1.54) is 5.51 Å².